The third-order valence-corrected chi connectivity index (χ3v) is 4.01. The smallest absolute Gasteiger partial charge is 0.228 e. The molecule has 0 amide bonds. The molecular weight excluding hydrogens is 302 g/mol. The third-order valence-electron chi connectivity index (χ3n) is 3.78. The van der Waals surface area contributed by atoms with Crippen LogP contribution in [-0.2, 0) is 0 Å². The molecule has 0 radical (unpaired) electrons. The zero-order chi connectivity index (χ0) is 15.9. The number of H-pyrrole nitrogens is 1. The van der Waals surface area contributed by atoms with Crippen molar-refractivity contribution < 1.29 is 5.11 Å². The number of fused-ring (bicyclic) bond motifs is 1. The van der Waals surface area contributed by atoms with E-state index in [0.29, 0.717) is 5.02 Å². The predicted molar refractivity (Wildman–Crippen MR) is 87.2 cm³/mol. The van der Waals surface area contributed by atoms with E-state index in [0.717, 1.165) is 22.8 Å². The molecule has 6 nitrogen and oxygen atoms in total. The highest BCUT2D eigenvalue weighted by Crippen LogP contribution is 2.36. The van der Waals surface area contributed by atoms with Crippen LogP contribution in [0.1, 0.15) is 24.2 Å². The van der Waals surface area contributed by atoms with Crippen LogP contribution in [0.4, 0.5) is 5.69 Å². The van der Waals surface area contributed by atoms with Crippen molar-refractivity contribution in [2.45, 2.75) is 19.3 Å². The molecule has 0 saturated heterocycles. The van der Waals surface area contributed by atoms with Crippen molar-refractivity contribution in [1.29, 1.82) is 0 Å². The number of halogens is 1. The minimum absolute atomic E-state index is 0.123. The van der Waals surface area contributed by atoms with Crippen molar-refractivity contribution in [1.82, 2.24) is 14.9 Å². The number of hydrogen-bond acceptors (Lipinski definition) is 5. The highest BCUT2D eigenvalue weighted by atomic mass is 35.5. The van der Waals surface area contributed by atoms with E-state index in [1.54, 1.807) is 12.5 Å². The molecule has 2 aromatic rings. The molecule has 0 spiro atoms. The number of aliphatic imine (C=N–C) groups is 1. The fourth-order valence-corrected chi connectivity index (χ4v) is 2.85. The van der Waals surface area contributed by atoms with Crippen LogP contribution in [-0.4, -0.2) is 46.3 Å². The van der Waals surface area contributed by atoms with Gasteiger partial charge in [-0.25, -0.2) is 9.98 Å². The summed E-state index contributed by atoms with van der Waals surface area (Å²) in [4.78, 5) is 15.2. The second kappa shape index (κ2) is 5.62. The number of benzene rings is 1. The Bertz CT molecular complexity index is 698. The zero-order valence-corrected chi connectivity index (χ0v) is 13.4. The highest BCUT2D eigenvalue weighted by Gasteiger charge is 2.32. The average Bonchev–Trinajstić information content (AvgIpc) is 2.99. The molecule has 2 heterocycles. The Hall–Kier alpha value is -2.05. The van der Waals surface area contributed by atoms with E-state index in [1.807, 2.05) is 49.0 Å². The standard InChI is InChI=1S/C15H18ClN5O/c1-9(12-7-17-8-18-12)21-13-6-10(16)4-5-11(13)14(20(2)3)19-15(21)22/h4-9,15,22H,1-3H3,(H,17,18)/t9-,15?/m1/s1. The first kappa shape index (κ1) is 14.9. The molecule has 116 valence electrons. The molecule has 2 atom stereocenters. The Morgan fingerprint density at radius 2 is 2.18 bits per heavy atom. The minimum atomic E-state index is -0.985. The summed E-state index contributed by atoms with van der Waals surface area (Å²) >= 11 is 6.16. The van der Waals surface area contributed by atoms with E-state index < -0.39 is 6.35 Å². The summed E-state index contributed by atoms with van der Waals surface area (Å²) in [5.41, 5.74) is 2.68. The van der Waals surface area contributed by atoms with Gasteiger partial charge < -0.3 is 19.9 Å². The summed E-state index contributed by atoms with van der Waals surface area (Å²) in [5.74, 6) is 0.729. The first-order chi connectivity index (χ1) is 10.5. The molecule has 1 aliphatic rings. The monoisotopic (exact) mass is 319 g/mol. The maximum absolute atomic E-state index is 10.5. The predicted octanol–water partition coefficient (Wildman–Crippen LogP) is 2.23. The fourth-order valence-electron chi connectivity index (χ4n) is 2.68. The Morgan fingerprint density at radius 3 is 2.82 bits per heavy atom. The number of nitrogens with zero attached hydrogens (tertiary/aromatic N) is 4. The van der Waals surface area contributed by atoms with Crippen molar-refractivity contribution in [2.24, 2.45) is 4.99 Å². The molecule has 3 rings (SSSR count). The van der Waals surface area contributed by atoms with E-state index in [-0.39, 0.29) is 6.04 Å². The van der Waals surface area contributed by atoms with E-state index in [9.17, 15) is 5.11 Å². The van der Waals surface area contributed by atoms with E-state index in [2.05, 4.69) is 15.0 Å². The molecule has 7 heteroatoms. The van der Waals surface area contributed by atoms with Crippen LogP contribution in [0.2, 0.25) is 5.02 Å². The van der Waals surface area contributed by atoms with Crippen LogP contribution in [0.25, 0.3) is 0 Å². The molecule has 1 aromatic carbocycles. The lowest BCUT2D eigenvalue weighted by Gasteiger charge is -2.38. The fraction of sp³-hybridized carbons (Fsp3) is 0.333. The number of hydrogen-bond donors (Lipinski definition) is 2. The molecule has 1 aliphatic heterocycles. The maximum atomic E-state index is 10.5. The minimum Gasteiger partial charge on any atom is -0.362 e. The van der Waals surface area contributed by atoms with E-state index >= 15 is 0 Å². The lowest BCUT2D eigenvalue weighted by atomic mass is 10.1. The van der Waals surface area contributed by atoms with Crippen LogP contribution in [0, 0.1) is 0 Å². The molecule has 1 unspecified atom stereocenters. The van der Waals surface area contributed by atoms with Gasteiger partial charge in [0.25, 0.3) is 0 Å². The number of aliphatic hydroxyl groups is 1. The number of aliphatic hydroxyl groups excluding tert-OH is 1. The summed E-state index contributed by atoms with van der Waals surface area (Å²) in [6, 6.07) is 5.48. The van der Waals surface area contributed by atoms with Crippen LogP contribution in [0.15, 0.2) is 35.7 Å². The van der Waals surface area contributed by atoms with Gasteiger partial charge in [-0.2, -0.15) is 0 Å². The molecule has 22 heavy (non-hydrogen) atoms. The van der Waals surface area contributed by atoms with Gasteiger partial charge in [-0.05, 0) is 25.1 Å². The Labute approximate surface area is 134 Å². The second-order valence-corrected chi connectivity index (χ2v) is 5.88. The first-order valence-electron chi connectivity index (χ1n) is 6.98. The summed E-state index contributed by atoms with van der Waals surface area (Å²) in [6.45, 7) is 1.98. The zero-order valence-electron chi connectivity index (χ0n) is 12.7. The number of amidine groups is 1. The third kappa shape index (κ3) is 2.44. The number of anilines is 1. The van der Waals surface area contributed by atoms with Gasteiger partial charge in [-0.15, -0.1) is 0 Å². The van der Waals surface area contributed by atoms with Gasteiger partial charge in [-0.1, -0.05) is 11.6 Å². The van der Waals surface area contributed by atoms with Gasteiger partial charge >= 0.3 is 0 Å². The number of aromatic amines is 1. The van der Waals surface area contributed by atoms with Crippen LogP contribution < -0.4 is 4.90 Å². The van der Waals surface area contributed by atoms with Crippen molar-refractivity contribution >= 4 is 23.1 Å². The van der Waals surface area contributed by atoms with Crippen LogP contribution in [0.3, 0.4) is 0 Å². The number of imidazole rings is 1. The van der Waals surface area contributed by atoms with E-state index in [4.69, 9.17) is 11.6 Å². The normalized spacial score (nSPS) is 18.7. The molecule has 2 N–H and O–H groups in total. The lowest BCUT2D eigenvalue weighted by Crippen LogP contribution is -2.43. The largest absolute Gasteiger partial charge is 0.362 e. The quantitative estimate of drug-likeness (QED) is 0.890. The van der Waals surface area contributed by atoms with Gasteiger partial charge in [0.15, 0.2) is 0 Å². The highest BCUT2D eigenvalue weighted by molar-refractivity contribution is 6.31. The Kier molecular flexibility index (Phi) is 3.80. The Morgan fingerprint density at radius 1 is 1.41 bits per heavy atom. The van der Waals surface area contributed by atoms with Gasteiger partial charge in [0, 0.05) is 24.7 Å². The van der Waals surface area contributed by atoms with Gasteiger partial charge in [0.2, 0.25) is 6.35 Å². The van der Waals surface area contributed by atoms with Crippen molar-refractivity contribution in [3.05, 3.63) is 47.0 Å². The summed E-state index contributed by atoms with van der Waals surface area (Å²) in [7, 11) is 3.80. The van der Waals surface area contributed by atoms with Crippen LogP contribution >= 0.6 is 11.6 Å². The second-order valence-electron chi connectivity index (χ2n) is 5.45. The number of nitrogens with one attached hydrogen (secondary N) is 1. The summed E-state index contributed by atoms with van der Waals surface area (Å²) in [6.07, 6.45) is 2.38. The van der Waals surface area contributed by atoms with Crippen molar-refractivity contribution in [2.75, 3.05) is 19.0 Å². The molecule has 0 bridgehead atoms. The van der Waals surface area contributed by atoms with Gasteiger partial charge in [0.05, 0.1) is 29.9 Å². The van der Waals surface area contributed by atoms with E-state index in [1.165, 1.54) is 0 Å². The van der Waals surface area contributed by atoms with Gasteiger partial charge in [-0.3, -0.25) is 0 Å². The number of rotatable bonds is 2. The summed E-state index contributed by atoms with van der Waals surface area (Å²) in [5, 5.41) is 11.1. The first-order valence-corrected chi connectivity index (χ1v) is 7.36. The number of aromatic nitrogens is 2. The maximum Gasteiger partial charge on any atom is 0.228 e. The van der Waals surface area contributed by atoms with Crippen LogP contribution in [0.5, 0.6) is 0 Å². The lowest BCUT2D eigenvalue weighted by molar-refractivity contribution is 0.165. The Balaban J connectivity index is 2.11. The molecule has 0 aliphatic carbocycles. The van der Waals surface area contributed by atoms with Crippen molar-refractivity contribution in [3.63, 3.8) is 0 Å². The van der Waals surface area contributed by atoms with Crippen molar-refractivity contribution in [3.8, 4) is 0 Å². The SMILES string of the molecule is C[C@H](c1cnc[nH]1)N1c2cc(Cl)ccc2C(N(C)C)=NC1O. The topological polar surface area (TPSA) is 67.8 Å². The van der Waals surface area contributed by atoms with Gasteiger partial charge in [0.1, 0.15) is 5.84 Å². The molecule has 0 saturated carbocycles. The molecule has 0 fully saturated rings. The summed E-state index contributed by atoms with van der Waals surface area (Å²) < 4.78 is 0. The molecular formula is C15H18ClN5O. The average molecular weight is 320 g/mol. The molecule has 1 aromatic heterocycles.